The second-order valence-electron chi connectivity index (χ2n) is 5.40. The maximum absolute atomic E-state index is 11.5. The molecule has 1 saturated carbocycles. The predicted octanol–water partition coefficient (Wildman–Crippen LogP) is 3.06. The van der Waals surface area contributed by atoms with Gasteiger partial charge in [-0.25, -0.2) is 8.42 Å². The summed E-state index contributed by atoms with van der Waals surface area (Å²) >= 11 is 0. The van der Waals surface area contributed by atoms with Gasteiger partial charge in [-0.15, -0.1) is 0 Å². The van der Waals surface area contributed by atoms with E-state index in [1.807, 2.05) is 0 Å². The van der Waals surface area contributed by atoms with Crippen LogP contribution in [-0.2, 0) is 9.84 Å². The number of sulfone groups is 1. The van der Waals surface area contributed by atoms with Crippen molar-refractivity contribution in [1.29, 1.82) is 0 Å². The van der Waals surface area contributed by atoms with Gasteiger partial charge in [0, 0.05) is 12.3 Å². The minimum Gasteiger partial charge on any atom is -0.493 e. The van der Waals surface area contributed by atoms with Crippen LogP contribution in [0.2, 0.25) is 0 Å². The fraction of sp³-hybridized carbons (Fsp3) is 0.600. The molecule has 5 heteroatoms. The maximum Gasteiger partial charge on any atom is 0.175 e. The zero-order valence-corrected chi connectivity index (χ0v) is 12.9. The van der Waals surface area contributed by atoms with Crippen molar-refractivity contribution >= 4 is 9.84 Å². The monoisotopic (exact) mass is 298 g/mol. The first-order chi connectivity index (χ1) is 9.50. The van der Waals surface area contributed by atoms with Crippen LogP contribution in [0.5, 0.6) is 11.5 Å². The van der Waals surface area contributed by atoms with Crippen molar-refractivity contribution in [3.05, 3.63) is 18.2 Å². The van der Waals surface area contributed by atoms with Crippen molar-refractivity contribution in [2.75, 3.05) is 20.0 Å². The van der Waals surface area contributed by atoms with E-state index in [9.17, 15) is 8.42 Å². The molecule has 2 rings (SSSR count). The fourth-order valence-electron chi connectivity index (χ4n) is 2.56. The van der Waals surface area contributed by atoms with Gasteiger partial charge in [0.1, 0.15) is 0 Å². The molecule has 0 unspecified atom stereocenters. The quantitative estimate of drug-likeness (QED) is 0.838. The Labute approximate surface area is 121 Å². The van der Waals surface area contributed by atoms with E-state index in [1.54, 1.807) is 12.1 Å². The third kappa shape index (κ3) is 3.88. The van der Waals surface area contributed by atoms with Crippen LogP contribution in [0.3, 0.4) is 0 Å². The number of ether oxygens (including phenoxy) is 2. The Morgan fingerprint density at radius 2 is 1.85 bits per heavy atom. The summed E-state index contributed by atoms with van der Waals surface area (Å²) in [5.41, 5.74) is 0. The van der Waals surface area contributed by atoms with Crippen molar-refractivity contribution < 1.29 is 17.9 Å². The van der Waals surface area contributed by atoms with Gasteiger partial charge < -0.3 is 9.47 Å². The number of benzene rings is 1. The molecule has 0 amide bonds. The third-order valence-electron chi connectivity index (χ3n) is 3.76. The van der Waals surface area contributed by atoms with Crippen LogP contribution in [0.4, 0.5) is 0 Å². The van der Waals surface area contributed by atoms with E-state index in [1.165, 1.54) is 51.5 Å². The van der Waals surface area contributed by atoms with Crippen LogP contribution in [0.1, 0.15) is 32.1 Å². The Morgan fingerprint density at radius 1 is 1.15 bits per heavy atom. The van der Waals surface area contributed by atoms with E-state index in [0.29, 0.717) is 24.0 Å². The first-order valence-corrected chi connectivity index (χ1v) is 8.91. The summed E-state index contributed by atoms with van der Waals surface area (Å²) in [5.74, 6) is 1.69. The summed E-state index contributed by atoms with van der Waals surface area (Å²) in [5, 5.41) is 0. The summed E-state index contributed by atoms with van der Waals surface area (Å²) in [6.07, 6.45) is 7.48. The highest BCUT2D eigenvalue weighted by Crippen LogP contribution is 2.31. The fourth-order valence-corrected chi connectivity index (χ4v) is 3.20. The SMILES string of the molecule is COc1cc(S(C)(=O)=O)ccc1OCC1CCCCC1. The van der Waals surface area contributed by atoms with Gasteiger partial charge in [0.25, 0.3) is 0 Å². The second kappa shape index (κ2) is 6.48. The highest BCUT2D eigenvalue weighted by Gasteiger charge is 2.16. The lowest BCUT2D eigenvalue weighted by molar-refractivity contribution is 0.202. The summed E-state index contributed by atoms with van der Waals surface area (Å²) < 4.78 is 34.1. The van der Waals surface area contributed by atoms with Crippen LogP contribution in [0.15, 0.2) is 23.1 Å². The summed E-state index contributed by atoms with van der Waals surface area (Å²) in [7, 11) is -1.70. The summed E-state index contributed by atoms with van der Waals surface area (Å²) in [4.78, 5) is 0.249. The molecule has 0 N–H and O–H groups in total. The lowest BCUT2D eigenvalue weighted by Gasteiger charge is -2.22. The van der Waals surface area contributed by atoms with E-state index in [2.05, 4.69) is 0 Å². The molecule has 0 heterocycles. The van der Waals surface area contributed by atoms with Gasteiger partial charge in [0.15, 0.2) is 21.3 Å². The Hall–Kier alpha value is -1.23. The number of methoxy groups -OCH3 is 1. The van der Waals surface area contributed by atoms with Crippen molar-refractivity contribution in [2.45, 2.75) is 37.0 Å². The van der Waals surface area contributed by atoms with E-state index in [4.69, 9.17) is 9.47 Å². The van der Waals surface area contributed by atoms with Crippen LogP contribution in [-0.4, -0.2) is 28.4 Å². The van der Waals surface area contributed by atoms with Gasteiger partial charge in [-0.2, -0.15) is 0 Å². The zero-order valence-electron chi connectivity index (χ0n) is 12.1. The zero-order chi connectivity index (χ0) is 14.6. The molecule has 0 aliphatic heterocycles. The van der Waals surface area contributed by atoms with Crippen molar-refractivity contribution in [3.8, 4) is 11.5 Å². The molecule has 0 atom stereocenters. The Bertz CT molecular complexity index is 545. The molecule has 0 spiro atoms. The van der Waals surface area contributed by atoms with Gasteiger partial charge in [-0.3, -0.25) is 0 Å². The number of rotatable bonds is 5. The highest BCUT2D eigenvalue weighted by molar-refractivity contribution is 7.90. The van der Waals surface area contributed by atoms with Gasteiger partial charge in [0.05, 0.1) is 18.6 Å². The lowest BCUT2D eigenvalue weighted by atomic mass is 9.90. The predicted molar refractivity (Wildman–Crippen MR) is 78.2 cm³/mol. The van der Waals surface area contributed by atoms with Crippen LogP contribution in [0.25, 0.3) is 0 Å². The topological polar surface area (TPSA) is 52.6 Å². The summed E-state index contributed by atoms with van der Waals surface area (Å²) in [6.45, 7) is 0.675. The second-order valence-corrected chi connectivity index (χ2v) is 7.42. The van der Waals surface area contributed by atoms with Crippen LogP contribution in [0, 0.1) is 5.92 Å². The molecule has 1 fully saturated rings. The molecule has 4 nitrogen and oxygen atoms in total. The maximum atomic E-state index is 11.5. The largest absolute Gasteiger partial charge is 0.493 e. The average Bonchev–Trinajstić information content (AvgIpc) is 2.45. The van der Waals surface area contributed by atoms with Crippen LogP contribution >= 0.6 is 0 Å². The average molecular weight is 298 g/mol. The molecule has 0 aromatic heterocycles. The molecule has 0 bridgehead atoms. The third-order valence-corrected chi connectivity index (χ3v) is 4.87. The molecule has 1 aromatic rings. The molecule has 1 aromatic carbocycles. The van der Waals surface area contributed by atoms with E-state index in [-0.39, 0.29) is 4.90 Å². The first-order valence-electron chi connectivity index (χ1n) is 7.01. The molecular formula is C15H22O4S. The lowest BCUT2D eigenvalue weighted by Crippen LogP contribution is -2.15. The van der Waals surface area contributed by atoms with E-state index >= 15 is 0 Å². The molecule has 0 radical (unpaired) electrons. The highest BCUT2D eigenvalue weighted by atomic mass is 32.2. The molecule has 112 valence electrons. The van der Waals surface area contributed by atoms with Gasteiger partial charge in [-0.1, -0.05) is 19.3 Å². The van der Waals surface area contributed by atoms with Gasteiger partial charge in [0.2, 0.25) is 0 Å². The molecule has 20 heavy (non-hydrogen) atoms. The minimum absolute atomic E-state index is 0.249. The molecule has 1 aliphatic rings. The Balaban J connectivity index is 2.07. The van der Waals surface area contributed by atoms with E-state index < -0.39 is 9.84 Å². The number of hydrogen-bond donors (Lipinski definition) is 0. The minimum atomic E-state index is -3.22. The molecule has 1 aliphatic carbocycles. The number of hydrogen-bond acceptors (Lipinski definition) is 4. The molecule has 0 saturated heterocycles. The first kappa shape index (κ1) is 15.2. The summed E-state index contributed by atoms with van der Waals surface area (Å²) in [6, 6.07) is 4.76. The van der Waals surface area contributed by atoms with Gasteiger partial charge >= 0.3 is 0 Å². The van der Waals surface area contributed by atoms with Gasteiger partial charge in [-0.05, 0) is 30.9 Å². The van der Waals surface area contributed by atoms with E-state index in [0.717, 1.165) is 0 Å². The molecular weight excluding hydrogens is 276 g/mol. The van der Waals surface area contributed by atoms with Crippen molar-refractivity contribution in [3.63, 3.8) is 0 Å². The smallest absolute Gasteiger partial charge is 0.175 e. The Morgan fingerprint density at radius 3 is 2.45 bits per heavy atom. The normalized spacial score (nSPS) is 16.9. The van der Waals surface area contributed by atoms with Crippen molar-refractivity contribution in [1.82, 2.24) is 0 Å². The van der Waals surface area contributed by atoms with Crippen molar-refractivity contribution in [2.24, 2.45) is 5.92 Å². The van der Waals surface area contributed by atoms with Crippen LogP contribution < -0.4 is 9.47 Å². The Kier molecular flexibility index (Phi) is 4.91. The standard InChI is InChI=1S/C15H22O4S/c1-18-15-10-13(20(2,16)17)8-9-14(15)19-11-12-6-4-3-5-7-12/h8-10,12H,3-7,11H2,1-2H3.